The number of ether oxygens (including phenoxy) is 1. The summed E-state index contributed by atoms with van der Waals surface area (Å²) in [6.45, 7) is 0.491. The number of amides is 1. The van der Waals surface area contributed by atoms with E-state index in [0.29, 0.717) is 23.7 Å². The van der Waals surface area contributed by atoms with Gasteiger partial charge in [-0.05, 0) is 60.2 Å². The zero-order valence-electron chi connectivity index (χ0n) is 18.8. The van der Waals surface area contributed by atoms with Gasteiger partial charge >= 0.3 is 0 Å². The molecule has 0 saturated heterocycles. The van der Waals surface area contributed by atoms with Crippen LogP contribution in [-0.2, 0) is 16.6 Å². The standard InChI is InChI=1S/C25H24N4O4S/c1-28(21-11-13-22(33-2)14-12-21)34(31,32)23-9-5-8-19(17-23)25(30)27-24-10-4-3-7-20(24)18-29-16-6-15-26-29/h3-17H,18H2,1-2H3,(H,27,30). The fraction of sp³-hybridized carbons (Fsp3) is 0.120. The number of sulfonamides is 1. The molecule has 0 aliphatic heterocycles. The molecular weight excluding hydrogens is 452 g/mol. The second-order valence-electron chi connectivity index (χ2n) is 7.51. The average molecular weight is 477 g/mol. The zero-order valence-corrected chi connectivity index (χ0v) is 19.6. The van der Waals surface area contributed by atoms with Crippen LogP contribution in [0.25, 0.3) is 0 Å². The Balaban J connectivity index is 1.56. The highest BCUT2D eigenvalue weighted by Gasteiger charge is 2.23. The van der Waals surface area contributed by atoms with Gasteiger partial charge in [0.1, 0.15) is 5.75 Å². The van der Waals surface area contributed by atoms with E-state index >= 15 is 0 Å². The molecule has 174 valence electrons. The summed E-state index contributed by atoms with van der Waals surface area (Å²) in [6, 6.07) is 21.9. The molecule has 0 atom stereocenters. The summed E-state index contributed by atoms with van der Waals surface area (Å²) in [5.74, 6) is 0.220. The summed E-state index contributed by atoms with van der Waals surface area (Å²) in [6.07, 6.45) is 3.53. The first-order valence-electron chi connectivity index (χ1n) is 10.5. The Bertz CT molecular complexity index is 1380. The van der Waals surface area contributed by atoms with Crippen molar-refractivity contribution in [1.29, 1.82) is 0 Å². The highest BCUT2D eigenvalue weighted by Crippen LogP contribution is 2.25. The molecule has 3 aromatic carbocycles. The topological polar surface area (TPSA) is 93.5 Å². The van der Waals surface area contributed by atoms with Gasteiger partial charge in [0.05, 0.1) is 24.2 Å². The van der Waals surface area contributed by atoms with Crippen molar-refractivity contribution in [2.75, 3.05) is 23.8 Å². The molecule has 4 aromatic rings. The van der Waals surface area contributed by atoms with E-state index < -0.39 is 15.9 Å². The Morgan fingerprint density at radius 3 is 2.50 bits per heavy atom. The predicted octanol–water partition coefficient (Wildman–Crippen LogP) is 4.02. The number of hydrogen-bond donors (Lipinski definition) is 1. The van der Waals surface area contributed by atoms with Crippen molar-refractivity contribution in [3.05, 3.63) is 102 Å². The lowest BCUT2D eigenvalue weighted by atomic mass is 10.1. The van der Waals surface area contributed by atoms with E-state index in [-0.39, 0.29) is 10.5 Å². The van der Waals surface area contributed by atoms with Crippen molar-refractivity contribution < 1.29 is 17.9 Å². The maximum Gasteiger partial charge on any atom is 0.264 e. The molecule has 0 aliphatic rings. The number of carbonyl (C=O) groups excluding carboxylic acids is 1. The number of aromatic nitrogens is 2. The first kappa shape index (κ1) is 23.1. The number of para-hydroxylation sites is 1. The van der Waals surface area contributed by atoms with E-state index in [2.05, 4.69) is 10.4 Å². The molecule has 0 saturated carbocycles. The van der Waals surface area contributed by atoms with Crippen molar-refractivity contribution in [3.8, 4) is 5.75 Å². The van der Waals surface area contributed by atoms with Gasteiger partial charge in [0.25, 0.3) is 15.9 Å². The fourth-order valence-electron chi connectivity index (χ4n) is 3.43. The maximum absolute atomic E-state index is 13.2. The largest absolute Gasteiger partial charge is 0.497 e. The molecular formula is C25H24N4O4S. The van der Waals surface area contributed by atoms with Gasteiger partial charge in [0.15, 0.2) is 0 Å². The summed E-state index contributed by atoms with van der Waals surface area (Å²) in [5, 5.41) is 7.09. The van der Waals surface area contributed by atoms with Crippen molar-refractivity contribution in [3.63, 3.8) is 0 Å². The number of benzene rings is 3. The van der Waals surface area contributed by atoms with Gasteiger partial charge in [-0.2, -0.15) is 5.10 Å². The number of rotatable bonds is 8. The van der Waals surface area contributed by atoms with Crippen LogP contribution in [0.1, 0.15) is 15.9 Å². The van der Waals surface area contributed by atoms with E-state index in [9.17, 15) is 13.2 Å². The van der Waals surface area contributed by atoms with Gasteiger partial charge in [-0.3, -0.25) is 13.8 Å². The molecule has 34 heavy (non-hydrogen) atoms. The number of nitrogens with zero attached hydrogens (tertiary/aromatic N) is 3. The second kappa shape index (κ2) is 9.80. The number of nitrogens with one attached hydrogen (secondary N) is 1. The van der Waals surface area contributed by atoms with Gasteiger partial charge in [-0.25, -0.2) is 8.42 Å². The van der Waals surface area contributed by atoms with Crippen LogP contribution < -0.4 is 14.4 Å². The number of carbonyl (C=O) groups is 1. The molecule has 1 aromatic heterocycles. The molecule has 4 rings (SSSR count). The van der Waals surface area contributed by atoms with Crippen LogP contribution in [0.15, 0.2) is 96.2 Å². The van der Waals surface area contributed by atoms with Gasteiger partial charge in [-0.15, -0.1) is 0 Å². The molecule has 0 unspecified atom stereocenters. The molecule has 0 fully saturated rings. The molecule has 1 N–H and O–H groups in total. The Morgan fingerprint density at radius 1 is 1.03 bits per heavy atom. The lowest BCUT2D eigenvalue weighted by molar-refractivity contribution is 0.102. The molecule has 1 amide bonds. The summed E-state index contributed by atoms with van der Waals surface area (Å²) in [5.41, 5.74) is 2.22. The van der Waals surface area contributed by atoms with Crippen LogP contribution in [-0.4, -0.2) is 38.3 Å². The van der Waals surface area contributed by atoms with E-state index in [1.807, 2.05) is 30.5 Å². The van der Waals surface area contributed by atoms with E-state index in [0.717, 1.165) is 5.56 Å². The molecule has 9 heteroatoms. The minimum atomic E-state index is -3.88. The number of methoxy groups -OCH3 is 1. The first-order valence-corrected chi connectivity index (χ1v) is 11.9. The SMILES string of the molecule is COc1ccc(N(C)S(=O)(=O)c2cccc(C(=O)Nc3ccccc3Cn3cccn3)c2)cc1. The molecule has 8 nitrogen and oxygen atoms in total. The summed E-state index contributed by atoms with van der Waals surface area (Å²) >= 11 is 0. The van der Waals surface area contributed by atoms with E-state index in [1.165, 1.54) is 23.5 Å². The highest BCUT2D eigenvalue weighted by molar-refractivity contribution is 7.92. The number of anilines is 2. The third kappa shape index (κ3) is 4.94. The van der Waals surface area contributed by atoms with Crippen LogP contribution >= 0.6 is 0 Å². The Hall–Kier alpha value is -4.11. The quantitative estimate of drug-likeness (QED) is 0.415. The van der Waals surface area contributed by atoms with Gasteiger partial charge in [0.2, 0.25) is 0 Å². The van der Waals surface area contributed by atoms with Crippen LogP contribution in [0, 0.1) is 0 Å². The zero-order chi connectivity index (χ0) is 24.1. The Kier molecular flexibility index (Phi) is 6.65. The normalized spacial score (nSPS) is 11.1. The summed E-state index contributed by atoms with van der Waals surface area (Å²) in [4.78, 5) is 13.0. The third-order valence-electron chi connectivity index (χ3n) is 5.35. The minimum absolute atomic E-state index is 0.0169. The summed E-state index contributed by atoms with van der Waals surface area (Å²) < 4.78 is 34.5. The van der Waals surface area contributed by atoms with Crippen LogP contribution in [0.5, 0.6) is 5.75 Å². The maximum atomic E-state index is 13.2. The molecule has 0 radical (unpaired) electrons. The average Bonchev–Trinajstić information content (AvgIpc) is 3.38. The second-order valence-corrected chi connectivity index (χ2v) is 9.48. The van der Waals surface area contributed by atoms with Gasteiger partial charge in [-0.1, -0.05) is 24.3 Å². The number of hydrogen-bond acceptors (Lipinski definition) is 5. The predicted molar refractivity (Wildman–Crippen MR) is 131 cm³/mol. The molecule has 0 bridgehead atoms. The van der Waals surface area contributed by atoms with Crippen molar-refractivity contribution in [2.24, 2.45) is 0 Å². The molecule has 0 aliphatic carbocycles. The van der Waals surface area contributed by atoms with Crippen molar-refractivity contribution in [1.82, 2.24) is 9.78 Å². The summed E-state index contributed by atoms with van der Waals surface area (Å²) in [7, 11) is -0.871. The first-order chi connectivity index (χ1) is 16.4. The van der Waals surface area contributed by atoms with Gasteiger partial charge < -0.3 is 10.1 Å². The minimum Gasteiger partial charge on any atom is -0.497 e. The van der Waals surface area contributed by atoms with Gasteiger partial charge in [0, 0.05) is 30.7 Å². The molecule has 1 heterocycles. The van der Waals surface area contributed by atoms with Crippen molar-refractivity contribution >= 4 is 27.3 Å². The lowest BCUT2D eigenvalue weighted by Gasteiger charge is -2.20. The fourth-order valence-corrected chi connectivity index (χ4v) is 4.67. The Labute approximate surface area is 198 Å². The smallest absolute Gasteiger partial charge is 0.264 e. The van der Waals surface area contributed by atoms with Crippen LogP contribution in [0.4, 0.5) is 11.4 Å². The van der Waals surface area contributed by atoms with Crippen LogP contribution in [0.2, 0.25) is 0 Å². The van der Waals surface area contributed by atoms with E-state index in [4.69, 9.17) is 4.74 Å². The van der Waals surface area contributed by atoms with Crippen LogP contribution in [0.3, 0.4) is 0 Å². The van der Waals surface area contributed by atoms with Crippen molar-refractivity contribution in [2.45, 2.75) is 11.4 Å². The van der Waals surface area contributed by atoms with E-state index in [1.54, 1.807) is 60.5 Å². The Morgan fingerprint density at radius 2 is 1.79 bits per heavy atom. The third-order valence-corrected chi connectivity index (χ3v) is 7.13. The lowest BCUT2D eigenvalue weighted by Crippen LogP contribution is -2.26. The monoisotopic (exact) mass is 476 g/mol. The molecule has 0 spiro atoms. The highest BCUT2D eigenvalue weighted by atomic mass is 32.2.